The van der Waals surface area contributed by atoms with Gasteiger partial charge in [-0.1, -0.05) is 12.1 Å². The number of carbonyl (C=O) groups is 1. The van der Waals surface area contributed by atoms with E-state index in [0.29, 0.717) is 17.9 Å². The average molecular weight is 206 g/mol. The largest absolute Gasteiger partial charge is 0.480 e. The lowest BCUT2D eigenvalue weighted by Gasteiger charge is -2.35. The fourth-order valence-corrected chi connectivity index (χ4v) is 1.80. The van der Waals surface area contributed by atoms with E-state index in [-0.39, 0.29) is 18.5 Å². The Labute approximate surface area is 86.7 Å². The van der Waals surface area contributed by atoms with Gasteiger partial charge < -0.3 is 14.2 Å². The maximum Gasteiger partial charge on any atom is 0.238 e. The summed E-state index contributed by atoms with van der Waals surface area (Å²) in [7, 11) is 0. The molecule has 0 spiro atoms. The molecule has 4 heteroatoms. The zero-order valence-corrected chi connectivity index (χ0v) is 8.01. The SMILES string of the molecule is O=C1CO[C@H]2Oc3ccccc3O[C@H]2C1. The monoisotopic (exact) mass is 206 g/mol. The summed E-state index contributed by atoms with van der Waals surface area (Å²) in [4.78, 5) is 11.2. The van der Waals surface area contributed by atoms with Crippen LogP contribution in [0.5, 0.6) is 11.5 Å². The molecule has 1 aromatic rings. The molecule has 0 saturated carbocycles. The van der Waals surface area contributed by atoms with Crippen molar-refractivity contribution >= 4 is 5.78 Å². The predicted molar refractivity (Wildman–Crippen MR) is 50.9 cm³/mol. The van der Waals surface area contributed by atoms with E-state index in [2.05, 4.69) is 0 Å². The fourth-order valence-electron chi connectivity index (χ4n) is 1.80. The average Bonchev–Trinajstić information content (AvgIpc) is 2.26. The van der Waals surface area contributed by atoms with Crippen molar-refractivity contribution in [2.75, 3.05) is 6.61 Å². The zero-order chi connectivity index (χ0) is 10.3. The summed E-state index contributed by atoms with van der Waals surface area (Å²) < 4.78 is 16.5. The molecular weight excluding hydrogens is 196 g/mol. The molecule has 1 fully saturated rings. The lowest BCUT2D eigenvalue weighted by molar-refractivity contribution is -0.183. The zero-order valence-electron chi connectivity index (χ0n) is 8.01. The number of ether oxygens (including phenoxy) is 3. The topological polar surface area (TPSA) is 44.8 Å². The summed E-state index contributed by atoms with van der Waals surface area (Å²) in [5, 5.41) is 0. The predicted octanol–water partition coefficient (Wildman–Crippen LogP) is 1.14. The van der Waals surface area contributed by atoms with E-state index in [9.17, 15) is 4.79 Å². The lowest BCUT2D eigenvalue weighted by atomic mass is 10.1. The Hall–Kier alpha value is -1.55. The van der Waals surface area contributed by atoms with Crippen LogP contribution < -0.4 is 9.47 Å². The summed E-state index contributed by atoms with van der Waals surface area (Å²) >= 11 is 0. The smallest absolute Gasteiger partial charge is 0.238 e. The Morgan fingerprint density at radius 3 is 2.67 bits per heavy atom. The first-order chi connectivity index (χ1) is 7.33. The summed E-state index contributed by atoms with van der Waals surface area (Å²) in [6.07, 6.45) is -0.391. The molecule has 0 bridgehead atoms. The number of ketones is 1. The Morgan fingerprint density at radius 1 is 1.13 bits per heavy atom. The number of fused-ring (bicyclic) bond motifs is 2. The highest BCUT2D eigenvalue weighted by Crippen LogP contribution is 2.35. The molecule has 78 valence electrons. The highest BCUT2D eigenvalue weighted by molar-refractivity contribution is 5.81. The second-order valence-electron chi connectivity index (χ2n) is 3.64. The maximum absolute atomic E-state index is 11.2. The number of carbonyl (C=O) groups excluding carboxylic acids is 1. The quantitative estimate of drug-likeness (QED) is 0.638. The Morgan fingerprint density at radius 2 is 1.87 bits per heavy atom. The molecule has 2 aliphatic rings. The van der Waals surface area contributed by atoms with Crippen LogP contribution >= 0.6 is 0 Å². The minimum Gasteiger partial charge on any atom is -0.480 e. The molecule has 4 nitrogen and oxygen atoms in total. The molecule has 2 atom stereocenters. The van der Waals surface area contributed by atoms with E-state index >= 15 is 0 Å². The lowest BCUT2D eigenvalue weighted by Crippen LogP contribution is -2.47. The Kier molecular flexibility index (Phi) is 1.89. The van der Waals surface area contributed by atoms with Crippen molar-refractivity contribution in [1.29, 1.82) is 0 Å². The fraction of sp³-hybridized carbons (Fsp3) is 0.364. The van der Waals surface area contributed by atoms with Gasteiger partial charge >= 0.3 is 0 Å². The maximum atomic E-state index is 11.2. The first-order valence-electron chi connectivity index (χ1n) is 4.88. The Bertz CT molecular complexity index is 401. The number of hydrogen-bond donors (Lipinski definition) is 0. The van der Waals surface area contributed by atoms with Crippen molar-refractivity contribution in [3.8, 4) is 11.5 Å². The van der Waals surface area contributed by atoms with Gasteiger partial charge in [-0.3, -0.25) is 4.79 Å². The van der Waals surface area contributed by atoms with E-state index < -0.39 is 6.29 Å². The van der Waals surface area contributed by atoms with Gasteiger partial charge in [0, 0.05) is 0 Å². The van der Waals surface area contributed by atoms with E-state index in [1.54, 1.807) is 0 Å². The van der Waals surface area contributed by atoms with Crippen LogP contribution in [0.4, 0.5) is 0 Å². The first kappa shape index (κ1) is 8.73. The molecule has 3 rings (SSSR count). The van der Waals surface area contributed by atoms with E-state index in [0.717, 1.165) is 0 Å². The van der Waals surface area contributed by atoms with Gasteiger partial charge in [0.05, 0.1) is 6.42 Å². The summed E-state index contributed by atoms with van der Waals surface area (Å²) in [5.74, 6) is 1.41. The van der Waals surface area contributed by atoms with Crippen molar-refractivity contribution in [1.82, 2.24) is 0 Å². The van der Waals surface area contributed by atoms with Crippen molar-refractivity contribution in [2.24, 2.45) is 0 Å². The van der Waals surface area contributed by atoms with Crippen LogP contribution in [-0.4, -0.2) is 24.8 Å². The third-order valence-electron chi connectivity index (χ3n) is 2.51. The van der Waals surface area contributed by atoms with Crippen LogP contribution in [0.1, 0.15) is 6.42 Å². The van der Waals surface area contributed by atoms with Crippen molar-refractivity contribution in [2.45, 2.75) is 18.8 Å². The Balaban J connectivity index is 1.90. The van der Waals surface area contributed by atoms with Crippen LogP contribution in [0.3, 0.4) is 0 Å². The first-order valence-corrected chi connectivity index (χ1v) is 4.88. The van der Waals surface area contributed by atoms with Gasteiger partial charge in [0.1, 0.15) is 6.61 Å². The number of Topliss-reactive ketones (excluding diaryl/α,β-unsaturated/α-hetero) is 1. The second kappa shape index (κ2) is 3.24. The van der Waals surface area contributed by atoms with Crippen LogP contribution in [0.15, 0.2) is 24.3 Å². The van der Waals surface area contributed by atoms with Gasteiger partial charge in [-0.25, -0.2) is 0 Å². The molecular formula is C11H10O4. The van der Waals surface area contributed by atoms with E-state index in [4.69, 9.17) is 14.2 Å². The third-order valence-corrected chi connectivity index (χ3v) is 2.51. The standard InChI is InChI=1S/C11H10O4/c12-7-5-10-11(13-6-7)15-9-4-2-1-3-8(9)14-10/h1-4,10-11H,5-6H2/t10-,11-/m0/s1. The summed E-state index contributed by atoms with van der Waals surface area (Å²) in [5.41, 5.74) is 0. The van der Waals surface area contributed by atoms with Gasteiger partial charge in [0.2, 0.25) is 6.29 Å². The molecule has 1 aromatic carbocycles. The third kappa shape index (κ3) is 1.47. The van der Waals surface area contributed by atoms with Gasteiger partial charge in [-0.2, -0.15) is 0 Å². The molecule has 0 unspecified atom stereocenters. The van der Waals surface area contributed by atoms with Crippen molar-refractivity contribution < 1.29 is 19.0 Å². The van der Waals surface area contributed by atoms with Gasteiger partial charge in [0.15, 0.2) is 23.4 Å². The van der Waals surface area contributed by atoms with Crippen molar-refractivity contribution in [3.05, 3.63) is 24.3 Å². The molecule has 0 aliphatic carbocycles. The van der Waals surface area contributed by atoms with Gasteiger partial charge in [-0.05, 0) is 12.1 Å². The summed E-state index contributed by atoms with van der Waals surface area (Å²) in [6.45, 7) is 0.118. The molecule has 0 N–H and O–H groups in total. The molecule has 0 radical (unpaired) electrons. The number of para-hydroxylation sites is 2. The molecule has 2 aliphatic heterocycles. The summed E-state index contributed by atoms with van der Waals surface area (Å²) in [6, 6.07) is 7.39. The molecule has 0 amide bonds. The van der Waals surface area contributed by atoms with Crippen LogP contribution in [0, 0.1) is 0 Å². The van der Waals surface area contributed by atoms with E-state index in [1.165, 1.54) is 0 Å². The van der Waals surface area contributed by atoms with Crippen LogP contribution in [-0.2, 0) is 9.53 Å². The molecule has 1 saturated heterocycles. The van der Waals surface area contributed by atoms with Gasteiger partial charge in [0.25, 0.3) is 0 Å². The van der Waals surface area contributed by atoms with E-state index in [1.807, 2.05) is 24.3 Å². The molecule has 15 heavy (non-hydrogen) atoms. The van der Waals surface area contributed by atoms with Crippen LogP contribution in [0.2, 0.25) is 0 Å². The highest BCUT2D eigenvalue weighted by atomic mass is 16.7. The van der Waals surface area contributed by atoms with Crippen molar-refractivity contribution in [3.63, 3.8) is 0 Å². The number of rotatable bonds is 0. The highest BCUT2D eigenvalue weighted by Gasteiger charge is 2.37. The normalized spacial score (nSPS) is 28.4. The minimum absolute atomic E-state index is 0.0548. The second-order valence-corrected chi connectivity index (χ2v) is 3.64. The van der Waals surface area contributed by atoms with Gasteiger partial charge in [-0.15, -0.1) is 0 Å². The molecule has 0 aromatic heterocycles. The molecule has 2 heterocycles. The number of hydrogen-bond acceptors (Lipinski definition) is 4. The van der Waals surface area contributed by atoms with Crippen LogP contribution in [0.25, 0.3) is 0 Å². The minimum atomic E-state index is -0.447. The number of benzene rings is 1.